The fraction of sp³-hybridized carbons (Fsp3) is 0.316. The van der Waals surface area contributed by atoms with E-state index >= 15 is 0 Å². The van der Waals surface area contributed by atoms with E-state index < -0.39 is 0 Å². The smallest absolute Gasteiger partial charge is 0.322 e. The van der Waals surface area contributed by atoms with E-state index in [2.05, 4.69) is 11.4 Å². The van der Waals surface area contributed by atoms with Crippen LogP contribution >= 0.6 is 0 Å². The number of nitrogens with zero attached hydrogens (tertiary/aromatic N) is 1. The number of amides is 2. The van der Waals surface area contributed by atoms with Crippen LogP contribution in [0.5, 0.6) is 5.75 Å². The topological polar surface area (TPSA) is 41.6 Å². The molecule has 4 nitrogen and oxygen atoms in total. The third kappa shape index (κ3) is 2.65. The Labute approximate surface area is 136 Å². The summed E-state index contributed by atoms with van der Waals surface area (Å²) < 4.78 is 5.78. The second-order valence-corrected chi connectivity index (χ2v) is 6.06. The highest BCUT2D eigenvalue weighted by Crippen LogP contribution is 2.32. The molecule has 0 bridgehead atoms. The molecule has 0 aliphatic carbocycles. The van der Waals surface area contributed by atoms with E-state index in [0.717, 1.165) is 42.8 Å². The van der Waals surface area contributed by atoms with Crippen molar-refractivity contribution < 1.29 is 9.53 Å². The Morgan fingerprint density at radius 1 is 1.13 bits per heavy atom. The van der Waals surface area contributed by atoms with Crippen molar-refractivity contribution in [1.82, 2.24) is 5.32 Å². The molecule has 0 fully saturated rings. The van der Waals surface area contributed by atoms with E-state index in [4.69, 9.17) is 4.74 Å². The summed E-state index contributed by atoms with van der Waals surface area (Å²) in [6.07, 6.45) is 2.77. The quantitative estimate of drug-likeness (QED) is 0.873. The first-order valence-electron chi connectivity index (χ1n) is 8.20. The molecule has 2 aliphatic heterocycles. The monoisotopic (exact) mass is 308 g/mol. The van der Waals surface area contributed by atoms with Gasteiger partial charge in [-0.1, -0.05) is 36.4 Å². The minimum atomic E-state index is -0.0170. The molecule has 2 amide bonds. The van der Waals surface area contributed by atoms with Gasteiger partial charge in [0.25, 0.3) is 0 Å². The van der Waals surface area contributed by atoms with Gasteiger partial charge in [-0.05, 0) is 37.0 Å². The summed E-state index contributed by atoms with van der Waals surface area (Å²) in [5.74, 6) is 0.886. The number of rotatable bonds is 1. The second kappa shape index (κ2) is 5.95. The van der Waals surface area contributed by atoms with Crippen molar-refractivity contribution in [2.45, 2.75) is 25.3 Å². The van der Waals surface area contributed by atoms with Crippen molar-refractivity contribution in [2.75, 3.05) is 18.1 Å². The molecule has 2 aliphatic rings. The highest BCUT2D eigenvalue weighted by Gasteiger charge is 2.27. The van der Waals surface area contributed by atoms with Crippen molar-refractivity contribution in [1.29, 1.82) is 0 Å². The molecule has 23 heavy (non-hydrogen) atoms. The van der Waals surface area contributed by atoms with Gasteiger partial charge in [0.2, 0.25) is 0 Å². The van der Waals surface area contributed by atoms with Crippen LogP contribution in [0.4, 0.5) is 10.5 Å². The van der Waals surface area contributed by atoms with Gasteiger partial charge < -0.3 is 10.1 Å². The number of fused-ring (bicyclic) bond motifs is 2. The molecular formula is C19H20N2O2. The zero-order chi connectivity index (χ0) is 15.6. The van der Waals surface area contributed by atoms with Crippen molar-refractivity contribution in [3.05, 3.63) is 59.7 Å². The Morgan fingerprint density at radius 2 is 1.96 bits per heavy atom. The van der Waals surface area contributed by atoms with Crippen LogP contribution in [0.25, 0.3) is 0 Å². The second-order valence-electron chi connectivity index (χ2n) is 6.06. The molecule has 0 spiro atoms. The molecule has 4 rings (SSSR count). The van der Waals surface area contributed by atoms with Gasteiger partial charge in [-0.2, -0.15) is 0 Å². The first-order valence-corrected chi connectivity index (χ1v) is 8.20. The van der Waals surface area contributed by atoms with Gasteiger partial charge >= 0.3 is 6.03 Å². The van der Waals surface area contributed by atoms with Crippen LogP contribution < -0.4 is 15.0 Å². The van der Waals surface area contributed by atoms with Crippen LogP contribution in [0.15, 0.2) is 48.5 Å². The van der Waals surface area contributed by atoms with Crippen LogP contribution in [0.3, 0.4) is 0 Å². The predicted octanol–water partition coefficient (Wildman–Crippen LogP) is 3.67. The minimum absolute atomic E-state index is 0.00830. The highest BCUT2D eigenvalue weighted by molar-refractivity contribution is 5.94. The molecule has 0 saturated heterocycles. The fourth-order valence-corrected chi connectivity index (χ4v) is 3.45. The molecule has 118 valence electrons. The number of para-hydroxylation sites is 2. The number of benzene rings is 2. The van der Waals surface area contributed by atoms with Gasteiger partial charge in [0.1, 0.15) is 5.75 Å². The molecule has 1 atom stereocenters. The number of anilines is 1. The van der Waals surface area contributed by atoms with E-state index in [1.54, 1.807) is 0 Å². The Bertz CT molecular complexity index is 729. The number of ether oxygens (including phenoxy) is 1. The van der Waals surface area contributed by atoms with E-state index in [-0.39, 0.29) is 12.1 Å². The molecule has 0 saturated carbocycles. The molecule has 2 heterocycles. The number of hydrogen-bond acceptors (Lipinski definition) is 2. The van der Waals surface area contributed by atoms with Crippen LogP contribution in [0.2, 0.25) is 0 Å². The number of carbonyl (C=O) groups is 1. The van der Waals surface area contributed by atoms with Gasteiger partial charge in [-0.15, -0.1) is 0 Å². The molecule has 0 aromatic heterocycles. The summed E-state index contributed by atoms with van der Waals surface area (Å²) in [5.41, 5.74) is 3.35. The van der Waals surface area contributed by atoms with Gasteiger partial charge in [0, 0.05) is 17.8 Å². The van der Waals surface area contributed by atoms with Gasteiger partial charge in [-0.25, -0.2) is 4.79 Å². The van der Waals surface area contributed by atoms with Crippen molar-refractivity contribution in [2.24, 2.45) is 0 Å². The Kier molecular flexibility index (Phi) is 3.66. The summed E-state index contributed by atoms with van der Waals surface area (Å²) in [4.78, 5) is 14.6. The van der Waals surface area contributed by atoms with E-state index in [1.165, 1.54) is 5.56 Å². The number of hydrogen-bond donors (Lipinski definition) is 1. The van der Waals surface area contributed by atoms with E-state index in [9.17, 15) is 4.79 Å². The lowest BCUT2D eigenvalue weighted by atomic mass is 10.0. The molecule has 0 radical (unpaired) electrons. The first-order chi connectivity index (χ1) is 11.3. The molecule has 1 unspecified atom stereocenters. The fourth-order valence-electron chi connectivity index (χ4n) is 3.45. The largest absolute Gasteiger partial charge is 0.493 e. The Morgan fingerprint density at radius 3 is 2.91 bits per heavy atom. The maximum Gasteiger partial charge on any atom is 0.322 e. The summed E-state index contributed by atoms with van der Waals surface area (Å²) >= 11 is 0. The standard InChI is InChI=1S/C19H20N2O2/c22-19(21-12-11-14-6-1-3-9-17(14)21)20-16-8-5-13-23-18-10-4-2-7-15(16)18/h1-4,6-7,9-10,16H,5,8,11-13H2,(H,20,22). The van der Waals surface area contributed by atoms with Crippen molar-refractivity contribution in [3.63, 3.8) is 0 Å². The van der Waals surface area contributed by atoms with Crippen LogP contribution in [-0.4, -0.2) is 19.2 Å². The van der Waals surface area contributed by atoms with Crippen molar-refractivity contribution >= 4 is 11.7 Å². The van der Waals surface area contributed by atoms with Crippen LogP contribution in [-0.2, 0) is 6.42 Å². The minimum Gasteiger partial charge on any atom is -0.493 e. The zero-order valence-corrected chi connectivity index (χ0v) is 13.0. The van der Waals surface area contributed by atoms with Crippen LogP contribution in [0.1, 0.15) is 30.0 Å². The maximum absolute atomic E-state index is 12.8. The van der Waals surface area contributed by atoms with Gasteiger partial charge in [0.05, 0.1) is 12.6 Å². The van der Waals surface area contributed by atoms with Gasteiger partial charge in [-0.3, -0.25) is 4.90 Å². The van der Waals surface area contributed by atoms with E-state index in [1.807, 2.05) is 47.4 Å². The SMILES string of the molecule is O=C(NC1CCCOc2ccccc21)N1CCc2ccccc21. The lowest BCUT2D eigenvalue weighted by Crippen LogP contribution is -2.40. The summed E-state index contributed by atoms with van der Waals surface area (Å²) in [6.45, 7) is 1.45. The average Bonchev–Trinajstić information content (AvgIpc) is 2.92. The third-order valence-electron chi connectivity index (χ3n) is 4.62. The summed E-state index contributed by atoms with van der Waals surface area (Å²) in [5, 5.41) is 3.20. The number of nitrogens with one attached hydrogen (secondary N) is 1. The molecule has 2 aromatic rings. The maximum atomic E-state index is 12.8. The number of urea groups is 1. The molecular weight excluding hydrogens is 288 g/mol. The normalized spacial score (nSPS) is 19.3. The number of carbonyl (C=O) groups excluding carboxylic acids is 1. The summed E-state index contributed by atoms with van der Waals surface area (Å²) in [6, 6.07) is 16.1. The third-order valence-corrected chi connectivity index (χ3v) is 4.62. The highest BCUT2D eigenvalue weighted by atomic mass is 16.5. The summed E-state index contributed by atoms with van der Waals surface area (Å²) in [7, 11) is 0. The molecule has 4 heteroatoms. The molecule has 1 N–H and O–H groups in total. The Hall–Kier alpha value is -2.49. The lowest BCUT2D eigenvalue weighted by Gasteiger charge is -2.23. The van der Waals surface area contributed by atoms with Crippen molar-refractivity contribution in [3.8, 4) is 5.75 Å². The van der Waals surface area contributed by atoms with Crippen LogP contribution in [0, 0.1) is 0 Å². The predicted molar refractivity (Wildman–Crippen MR) is 89.9 cm³/mol. The van der Waals surface area contributed by atoms with E-state index in [0.29, 0.717) is 6.61 Å². The lowest BCUT2D eigenvalue weighted by molar-refractivity contribution is 0.242. The Balaban J connectivity index is 1.56. The van der Waals surface area contributed by atoms with Gasteiger partial charge in [0.15, 0.2) is 0 Å². The average molecular weight is 308 g/mol. The molecule has 2 aromatic carbocycles. The zero-order valence-electron chi connectivity index (χ0n) is 13.0. The first kappa shape index (κ1) is 14.1.